The Balaban J connectivity index is 1.92. The van der Waals surface area contributed by atoms with E-state index in [1.807, 2.05) is 43.3 Å². The van der Waals surface area contributed by atoms with Crippen LogP contribution in [0.1, 0.15) is 12.5 Å². The van der Waals surface area contributed by atoms with Gasteiger partial charge in [-0.05, 0) is 66.7 Å². The fraction of sp³-hybridized carbons (Fsp3) is 0.200. The second-order valence-electron chi connectivity index (χ2n) is 6.45. The average molecular weight is 450 g/mol. The molecule has 2 aromatic rings. The molecule has 0 aliphatic carbocycles. The van der Waals surface area contributed by atoms with E-state index >= 15 is 0 Å². The second-order valence-corrected chi connectivity index (χ2v) is 9.50. The summed E-state index contributed by atoms with van der Waals surface area (Å²) in [6, 6.07) is 13.5. The number of likely N-dealkylation sites (N-methyl/N-ethyl adjacent to an activating group) is 1. The van der Waals surface area contributed by atoms with Gasteiger partial charge in [-0.1, -0.05) is 23.7 Å². The third-order valence-electron chi connectivity index (χ3n) is 4.22. The van der Waals surface area contributed by atoms with Crippen LogP contribution in [-0.4, -0.2) is 45.0 Å². The van der Waals surface area contributed by atoms with Crippen molar-refractivity contribution in [1.29, 1.82) is 0 Å². The fourth-order valence-electron chi connectivity index (χ4n) is 2.64. The largest absolute Gasteiger partial charge is 0.378 e. The Hall–Kier alpha value is -2.29. The zero-order chi connectivity index (χ0) is 21.2. The lowest BCUT2D eigenvalue weighted by Gasteiger charge is -2.12. The molecule has 0 saturated carbocycles. The maximum atomic E-state index is 12.7. The van der Waals surface area contributed by atoms with E-state index < -0.39 is 10.0 Å². The normalized spacial score (nSPS) is 17.4. The molecule has 152 valence electrons. The van der Waals surface area contributed by atoms with Gasteiger partial charge in [-0.3, -0.25) is 9.69 Å². The van der Waals surface area contributed by atoms with E-state index in [0.717, 1.165) is 23.0 Å². The predicted molar refractivity (Wildman–Crippen MR) is 120 cm³/mol. The van der Waals surface area contributed by atoms with Gasteiger partial charge >= 0.3 is 0 Å². The molecule has 0 aromatic heterocycles. The molecule has 3 rings (SSSR count). The van der Waals surface area contributed by atoms with Crippen molar-refractivity contribution >= 4 is 56.2 Å². The molecule has 1 heterocycles. The van der Waals surface area contributed by atoms with Crippen LogP contribution in [0.4, 0.5) is 5.69 Å². The molecule has 1 amide bonds. The molecule has 1 aliphatic heterocycles. The molecule has 0 bridgehead atoms. The summed E-state index contributed by atoms with van der Waals surface area (Å²) in [6.45, 7) is 2.09. The van der Waals surface area contributed by atoms with Gasteiger partial charge in [-0.25, -0.2) is 0 Å². The van der Waals surface area contributed by atoms with Crippen molar-refractivity contribution < 1.29 is 13.2 Å². The number of carbonyl (C=O) groups excluding carboxylic acids is 1. The van der Waals surface area contributed by atoms with Crippen molar-refractivity contribution in [2.45, 2.75) is 11.8 Å². The molecule has 29 heavy (non-hydrogen) atoms. The molecule has 0 spiro atoms. The number of halogens is 1. The van der Waals surface area contributed by atoms with E-state index in [1.54, 1.807) is 13.0 Å². The van der Waals surface area contributed by atoms with Gasteiger partial charge in [0.05, 0.1) is 9.80 Å². The molecule has 0 radical (unpaired) electrons. The van der Waals surface area contributed by atoms with Crippen LogP contribution in [0.3, 0.4) is 0 Å². The van der Waals surface area contributed by atoms with E-state index in [2.05, 4.69) is 4.40 Å². The molecular weight excluding hydrogens is 430 g/mol. The minimum Gasteiger partial charge on any atom is -0.378 e. The Morgan fingerprint density at radius 3 is 2.28 bits per heavy atom. The Kier molecular flexibility index (Phi) is 6.36. The number of hydrogen-bond donors (Lipinski definition) is 0. The molecule has 1 saturated heterocycles. The van der Waals surface area contributed by atoms with Gasteiger partial charge in [0.25, 0.3) is 15.9 Å². The van der Waals surface area contributed by atoms with Crippen molar-refractivity contribution in [3.63, 3.8) is 0 Å². The first-order valence-electron chi connectivity index (χ1n) is 8.80. The predicted octanol–water partition coefficient (Wildman–Crippen LogP) is 4.09. The van der Waals surface area contributed by atoms with Gasteiger partial charge in [0.2, 0.25) is 0 Å². The van der Waals surface area contributed by atoms with Gasteiger partial charge in [-0.15, -0.1) is 4.40 Å². The zero-order valence-electron chi connectivity index (χ0n) is 16.2. The number of amides is 1. The molecule has 1 aliphatic rings. The van der Waals surface area contributed by atoms with Crippen LogP contribution in [0.2, 0.25) is 5.02 Å². The molecule has 1 fully saturated rings. The third-order valence-corrected chi connectivity index (χ3v) is 6.88. The molecule has 0 unspecified atom stereocenters. The highest BCUT2D eigenvalue weighted by Gasteiger charge is 2.34. The van der Waals surface area contributed by atoms with E-state index in [9.17, 15) is 13.2 Å². The summed E-state index contributed by atoms with van der Waals surface area (Å²) in [6.07, 6.45) is 1.74. The maximum absolute atomic E-state index is 12.7. The van der Waals surface area contributed by atoms with Crippen LogP contribution < -0.4 is 4.90 Å². The van der Waals surface area contributed by atoms with Gasteiger partial charge in [0.15, 0.2) is 5.17 Å². The quantitative estimate of drug-likeness (QED) is 0.643. The lowest BCUT2D eigenvalue weighted by Crippen LogP contribution is -2.29. The van der Waals surface area contributed by atoms with Crippen LogP contribution in [0, 0.1) is 0 Å². The molecule has 0 N–H and O–H groups in total. The van der Waals surface area contributed by atoms with Gasteiger partial charge in [-0.2, -0.15) is 8.42 Å². The first kappa shape index (κ1) is 21.4. The standard InChI is InChI=1S/C20H20ClN3O3S2/c1-4-24-19(25)18(13-14-5-9-16(10-6-14)23(2)3)28-20(24)22-29(26,27)17-11-7-15(21)8-12-17/h5-13H,4H2,1-3H3/b18-13-,22-20+. The lowest BCUT2D eigenvalue weighted by atomic mass is 10.2. The van der Waals surface area contributed by atoms with E-state index in [-0.39, 0.29) is 16.0 Å². The summed E-state index contributed by atoms with van der Waals surface area (Å²) in [5, 5.41) is 0.575. The number of sulfonamides is 1. The maximum Gasteiger partial charge on any atom is 0.284 e. The first-order chi connectivity index (χ1) is 13.7. The third kappa shape index (κ3) is 4.83. The van der Waals surface area contributed by atoms with E-state index in [4.69, 9.17) is 11.6 Å². The molecule has 9 heteroatoms. The summed E-state index contributed by atoms with van der Waals surface area (Å²) in [5.41, 5.74) is 1.90. The van der Waals surface area contributed by atoms with Crippen molar-refractivity contribution in [3.05, 3.63) is 64.0 Å². The highest BCUT2D eigenvalue weighted by Crippen LogP contribution is 2.33. The monoisotopic (exact) mass is 449 g/mol. The summed E-state index contributed by atoms with van der Waals surface area (Å²) in [5.74, 6) is -0.265. The topological polar surface area (TPSA) is 70.1 Å². The Labute approximate surface area is 179 Å². The average Bonchev–Trinajstić information content (AvgIpc) is 2.96. The zero-order valence-corrected chi connectivity index (χ0v) is 18.6. The van der Waals surface area contributed by atoms with Crippen molar-refractivity contribution in [2.24, 2.45) is 4.40 Å². The summed E-state index contributed by atoms with van der Waals surface area (Å²) in [4.78, 5) is 16.5. The van der Waals surface area contributed by atoms with Gasteiger partial charge in [0, 0.05) is 31.4 Å². The highest BCUT2D eigenvalue weighted by atomic mass is 35.5. The Bertz CT molecular complexity index is 1080. The molecular formula is C20H20ClN3O3S2. The van der Waals surface area contributed by atoms with Gasteiger partial charge in [0.1, 0.15) is 0 Å². The van der Waals surface area contributed by atoms with Gasteiger partial charge < -0.3 is 4.90 Å². The van der Waals surface area contributed by atoms with E-state index in [1.165, 1.54) is 29.2 Å². The lowest BCUT2D eigenvalue weighted by molar-refractivity contribution is -0.122. The Morgan fingerprint density at radius 1 is 1.10 bits per heavy atom. The highest BCUT2D eigenvalue weighted by molar-refractivity contribution is 8.19. The summed E-state index contributed by atoms with van der Waals surface area (Å²) >= 11 is 6.88. The van der Waals surface area contributed by atoms with Crippen LogP contribution in [-0.2, 0) is 14.8 Å². The van der Waals surface area contributed by atoms with Crippen molar-refractivity contribution in [1.82, 2.24) is 4.90 Å². The number of amidine groups is 1. The number of rotatable bonds is 5. The van der Waals surface area contributed by atoms with Crippen LogP contribution in [0.15, 0.2) is 62.7 Å². The van der Waals surface area contributed by atoms with Crippen molar-refractivity contribution in [3.8, 4) is 0 Å². The smallest absolute Gasteiger partial charge is 0.284 e. The number of hydrogen-bond acceptors (Lipinski definition) is 5. The van der Waals surface area contributed by atoms with Crippen molar-refractivity contribution in [2.75, 3.05) is 25.5 Å². The first-order valence-corrected chi connectivity index (χ1v) is 11.4. The van der Waals surface area contributed by atoms with Crippen LogP contribution in [0.25, 0.3) is 6.08 Å². The SMILES string of the molecule is CCN1C(=O)/C(=C/c2ccc(N(C)C)cc2)S/C1=N/S(=O)(=O)c1ccc(Cl)cc1. The van der Waals surface area contributed by atoms with Crippen LogP contribution >= 0.6 is 23.4 Å². The molecule has 6 nitrogen and oxygen atoms in total. The number of carbonyl (C=O) groups is 1. The second kappa shape index (κ2) is 8.61. The molecule has 2 aromatic carbocycles. The Morgan fingerprint density at radius 2 is 1.72 bits per heavy atom. The number of nitrogens with zero attached hydrogens (tertiary/aromatic N) is 3. The van der Waals surface area contributed by atoms with E-state index in [0.29, 0.717) is 16.5 Å². The fourth-order valence-corrected chi connectivity index (χ4v) is 5.01. The number of anilines is 1. The minimum absolute atomic E-state index is 0.0233. The number of thioether (sulfide) groups is 1. The number of benzene rings is 2. The minimum atomic E-state index is -3.96. The summed E-state index contributed by atoms with van der Waals surface area (Å²) < 4.78 is 29.2. The molecule has 0 atom stereocenters. The summed E-state index contributed by atoms with van der Waals surface area (Å²) in [7, 11) is -0.0541. The van der Waals surface area contributed by atoms with Crippen LogP contribution in [0.5, 0.6) is 0 Å².